The summed E-state index contributed by atoms with van der Waals surface area (Å²) < 4.78 is 0. The Morgan fingerprint density at radius 3 is 2.52 bits per heavy atom. The van der Waals surface area contributed by atoms with Crippen LogP contribution < -0.4 is 5.32 Å². The highest BCUT2D eigenvalue weighted by Gasteiger charge is 2.25. The van der Waals surface area contributed by atoms with Gasteiger partial charge < -0.3 is 15.1 Å². The number of likely N-dealkylation sites (tertiary alicyclic amines) is 1. The summed E-state index contributed by atoms with van der Waals surface area (Å²) in [6.07, 6.45) is 3.97. The highest BCUT2D eigenvalue weighted by Crippen LogP contribution is 2.25. The molecule has 0 amide bonds. The minimum absolute atomic E-state index is 0. The molecule has 0 aromatic rings. The minimum atomic E-state index is 0. The van der Waals surface area contributed by atoms with Crippen LogP contribution >= 0.6 is 35.7 Å². The summed E-state index contributed by atoms with van der Waals surface area (Å²) in [5, 5.41) is 4.26. The molecule has 25 heavy (non-hydrogen) atoms. The molecule has 4 nitrogen and oxygen atoms in total. The van der Waals surface area contributed by atoms with Gasteiger partial charge in [0.25, 0.3) is 0 Å². The van der Waals surface area contributed by atoms with Gasteiger partial charge in [-0.3, -0.25) is 4.99 Å². The van der Waals surface area contributed by atoms with Gasteiger partial charge in [0, 0.05) is 37.2 Å². The Hall–Kier alpha value is 0.310. The first-order valence-corrected chi connectivity index (χ1v) is 11.1. The third kappa shape index (κ3) is 7.83. The molecule has 2 saturated heterocycles. The standard InChI is InChI=1S/C19H38N4S.HI/c1-5-20-19(23-13-14-24-18(15-23)16(3)4)21-10-7-17-8-11-22(6-2)12-9-17;/h16-18H,5-15H2,1-4H3,(H,20,21);1H. The lowest BCUT2D eigenvalue weighted by Crippen LogP contribution is -2.49. The lowest BCUT2D eigenvalue weighted by Gasteiger charge is -2.36. The van der Waals surface area contributed by atoms with Crippen molar-refractivity contribution in [2.45, 2.75) is 52.2 Å². The van der Waals surface area contributed by atoms with Crippen molar-refractivity contribution in [3.63, 3.8) is 0 Å². The van der Waals surface area contributed by atoms with E-state index >= 15 is 0 Å². The maximum Gasteiger partial charge on any atom is 0.193 e. The fraction of sp³-hybridized carbons (Fsp3) is 0.947. The lowest BCUT2D eigenvalue weighted by molar-refractivity contribution is 0.188. The first-order chi connectivity index (χ1) is 11.6. The molecular formula is C19H39IN4S. The van der Waals surface area contributed by atoms with Gasteiger partial charge >= 0.3 is 0 Å². The van der Waals surface area contributed by atoms with Gasteiger partial charge in [-0.15, -0.1) is 24.0 Å². The molecular weight excluding hydrogens is 443 g/mol. The van der Waals surface area contributed by atoms with Crippen molar-refractivity contribution in [3.05, 3.63) is 0 Å². The molecule has 2 fully saturated rings. The van der Waals surface area contributed by atoms with Gasteiger partial charge in [-0.2, -0.15) is 11.8 Å². The quantitative estimate of drug-likeness (QED) is 0.355. The molecule has 1 N–H and O–H groups in total. The Morgan fingerprint density at radius 2 is 1.92 bits per heavy atom. The Balaban J connectivity index is 0.00000312. The summed E-state index contributed by atoms with van der Waals surface area (Å²) in [5.41, 5.74) is 0. The summed E-state index contributed by atoms with van der Waals surface area (Å²) >= 11 is 2.13. The molecule has 2 aliphatic rings. The van der Waals surface area contributed by atoms with Crippen molar-refractivity contribution in [1.82, 2.24) is 15.1 Å². The van der Waals surface area contributed by atoms with Gasteiger partial charge in [-0.05, 0) is 57.7 Å². The predicted octanol–water partition coefficient (Wildman–Crippen LogP) is 3.77. The predicted molar refractivity (Wildman–Crippen MR) is 124 cm³/mol. The molecule has 1 unspecified atom stereocenters. The number of hydrogen-bond acceptors (Lipinski definition) is 3. The van der Waals surface area contributed by atoms with E-state index in [0.717, 1.165) is 49.2 Å². The third-order valence-electron chi connectivity index (χ3n) is 5.42. The van der Waals surface area contributed by atoms with E-state index in [2.05, 4.69) is 54.6 Å². The monoisotopic (exact) mass is 482 g/mol. The average molecular weight is 483 g/mol. The van der Waals surface area contributed by atoms with Gasteiger partial charge in [-0.25, -0.2) is 0 Å². The zero-order valence-electron chi connectivity index (χ0n) is 16.7. The van der Waals surface area contributed by atoms with E-state index in [-0.39, 0.29) is 24.0 Å². The van der Waals surface area contributed by atoms with Crippen molar-refractivity contribution >= 4 is 41.7 Å². The largest absolute Gasteiger partial charge is 0.357 e. The number of piperidine rings is 1. The topological polar surface area (TPSA) is 30.9 Å². The molecule has 2 heterocycles. The van der Waals surface area contributed by atoms with Crippen molar-refractivity contribution in [3.8, 4) is 0 Å². The lowest BCUT2D eigenvalue weighted by atomic mass is 9.94. The molecule has 148 valence electrons. The molecule has 0 spiro atoms. The average Bonchev–Trinajstić information content (AvgIpc) is 2.61. The molecule has 0 aromatic carbocycles. The fourth-order valence-corrected chi connectivity index (χ4v) is 4.94. The highest BCUT2D eigenvalue weighted by molar-refractivity contribution is 14.0. The van der Waals surface area contributed by atoms with Crippen LogP contribution in [0.2, 0.25) is 0 Å². The number of hydrogen-bond donors (Lipinski definition) is 1. The Morgan fingerprint density at radius 1 is 1.20 bits per heavy atom. The number of guanidine groups is 1. The van der Waals surface area contributed by atoms with Crippen LogP contribution in [0.15, 0.2) is 4.99 Å². The highest BCUT2D eigenvalue weighted by atomic mass is 127. The van der Waals surface area contributed by atoms with E-state index < -0.39 is 0 Å². The van der Waals surface area contributed by atoms with Crippen molar-refractivity contribution < 1.29 is 0 Å². The number of halogens is 1. The Kier molecular flexibility index (Phi) is 11.8. The SMILES string of the molecule is CCNC(=NCCC1CCN(CC)CC1)N1CCSC(C(C)C)C1.I. The van der Waals surface area contributed by atoms with Gasteiger partial charge in [0.1, 0.15) is 0 Å². The zero-order chi connectivity index (χ0) is 17.4. The number of thioether (sulfide) groups is 1. The first kappa shape index (κ1) is 23.3. The van der Waals surface area contributed by atoms with E-state index in [1.54, 1.807) is 0 Å². The molecule has 0 saturated carbocycles. The Labute approximate surface area is 177 Å². The summed E-state index contributed by atoms with van der Waals surface area (Å²) in [6.45, 7) is 17.1. The van der Waals surface area contributed by atoms with Crippen LogP contribution in [0.3, 0.4) is 0 Å². The number of nitrogens with zero attached hydrogens (tertiary/aromatic N) is 3. The molecule has 0 radical (unpaired) electrons. The van der Waals surface area contributed by atoms with Gasteiger partial charge in [-0.1, -0.05) is 20.8 Å². The maximum atomic E-state index is 4.97. The molecule has 6 heteroatoms. The van der Waals surface area contributed by atoms with E-state index in [0.29, 0.717) is 0 Å². The van der Waals surface area contributed by atoms with Crippen molar-refractivity contribution in [2.75, 3.05) is 51.6 Å². The van der Waals surface area contributed by atoms with Gasteiger partial charge in [0.2, 0.25) is 0 Å². The van der Waals surface area contributed by atoms with Crippen LogP contribution in [0.1, 0.15) is 47.0 Å². The second-order valence-corrected chi connectivity index (χ2v) is 8.85. The molecule has 0 aromatic heterocycles. The third-order valence-corrected chi connectivity index (χ3v) is 6.96. The minimum Gasteiger partial charge on any atom is -0.357 e. The summed E-state index contributed by atoms with van der Waals surface area (Å²) in [6, 6.07) is 0. The zero-order valence-corrected chi connectivity index (χ0v) is 19.8. The summed E-state index contributed by atoms with van der Waals surface area (Å²) in [5.74, 6) is 3.99. The van der Waals surface area contributed by atoms with Crippen LogP contribution in [-0.4, -0.2) is 72.6 Å². The second kappa shape index (κ2) is 12.7. The molecule has 2 rings (SSSR count). The van der Waals surface area contributed by atoms with Crippen molar-refractivity contribution in [1.29, 1.82) is 0 Å². The Bertz CT molecular complexity index is 384. The molecule has 1 atom stereocenters. The van der Waals surface area contributed by atoms with E-state index in [4.69, 9.17) is 4.99 Å². The number of aliphatic imine (C=N–C) groups is 1. The first-order valence-electron chi connectivity index (χ1n) is 10.0. The van der Waals surface area contributed by atoms with E-state index in [9.17, 15) is 0 Å². The van der Waals surface area contributed by atoms with Crippen LogP contribution in [-0.2, 0) is 0 Å². The van der Waals surface area contributed by atoms with Gasteiger partial charge in [0.05, 0.1) is 0 Å². The van der Waals surface area contributed by atoms with Crippen LogP contribution in [0.5, 0.6) is 0 Å². The number of nitrogens with one attached hydrogen (secondary N) is 1. The van der Waals surface area contributed by atoms with E-state index in [1.807, 2.05) is 0 Å². The number of rotatable bonds is 6. The normalized spacial score (nSPS) is 23.6. The molecule has 0 bridgehead atoms. The van der Waals surface area contributed by atoms with Crippen LogP contribution in [0.4, 0.5) is 0 Å². The molecule has 0 aliphatic carbocycles. The summed E-state index contributed by atoms with van der Waals surface area (Å²) in [7, 11) is 0. The fourth-order valence-electron chi connectivity index (χ4n) is 3.64. The second-order valence-electron chi connectivity index (χ2n) is 7.50. The molecule has 2 aliphatic heterocycles. The van der Waals surface area contributed by atoms with Crippen LogP contribution in [0, 0.1) is 11.8 Å². The van der Waals surface area contributed by atoms with E-state index in [1.165, 1.54) is 44.6 Å². The van der Waals surface area contributed by atoms with Gasteiger partial charge in [0.15, 0.2) is 5.96 Å². The maximum absolute atomic E-state index is 4.97. The van der Waals surface area contributed by atoms with Crippen molar-refractivity contribution in [2.24, 2.45) is 16.8 Å². The summed E-state index contributed by atoms with van der Waals surface area (Å²) in [4.78, 5) is 10.0. The van der Waals surface area contributed by atoms with Crippen LogP contribution in [0.25, 0.3) is 0 Å². The smallest absolute Gasteiger partial charge is 0.193 e.